The van der Waals surface area contributed by atoms with Crippen LogP contribution >= 0.6 is 0 Å². The Labute approximate surface area is 135 Å². The first-order valence-electron chi connectivity index (χ1n) is 7.86. The van der Waals surface area contributed by atoms with Crippen molar-refractivity contribution in [2.24, 2.45) is 10.7 Å². The fourth-order valence-electron chi connectivity index (χ4n) is 3.11. The number of nitrogens with two attached hydrogens (primary N) is 1. The molecule has 1 atom stereocenters. The molecule has 122 valence electrons. The van der Waals surface area contributed by atoms with Crippen LogP contribution in [0.3, 0.4) is 0 Å². The van der Waals surface area contributed by atoms with Gasteiger partial charge in [-0.05, 0) is 18.4 Å². The predicted octanol–water partition coefficient (Wildman–Crippen LogP) is 0.651. The fraction of sp³-hybridized carbons (Fsp3) is 0.412. The van der Waals surface area contributed by atoms with Crippen molar-refractivity contribution in [3.8, 4) is 0 Å². The zero-order valence-corrected chi connectivity index (χ0v) is 13.0. The summed E-state index contributed by atoms with van der Waals surface area (Å²) < 4.78 is 5.51. The quantitative estimate of drug-likeness (QED) is 0.761. The molecule has 0 radical (unpaired) electrons. The van der Waals surface area contributed by atoms with Crippen molar-refractivity contribution >= 4 is 11.7 Å². The molecule has 6 nitrogen and oxygen atoms in total. The minimum absolute atomic E-state index is 0.0917. The van der Waals surface area contributed by atoms with E-state index in [1.807, 2.05) is 18.2 Å². The summed E-state index contributed by atoms with van der Waals surface area (Å²) in [6, 6.07) is 9.71. The van der Waals surface area contributed by atoms with E-state index in [1.165, 1.54) is 5.56 Å². The monoisotopic (exact) mass is 314 g/mol. The molecule has 0 bridgehead atoms. The van der Waals surface area contributed by atoms with Gasteiger partial charge < -0.3 is 21.1 Å². The molecule has 0 spiro atoms. The number of nitrogens with zero attached hydrogens (tertiary/aromatic N) is 1. The fourth-order valence-corrected chi connectivity index (χ4v) is 3.11. The SMILES string of the molecule is NC1=NC=CNC1C(=O)NCC1(c2ccccc2)CCOCC1. The molecule has 4 N–H and O–H groups in total. The molecule has 23 heavy (non-hydrogen) atoms. The van der Waals surface area contributed by atoms with Gasteiger partial charge in [-0.2, -0.15) is 0 Å². The minimum atomic E-state index is -0.604. The van der Waals surface area contributed by atoms with Gasteiger partial charge in [-0.15, -0.1) is 0 Å². The van der Waals surface area contributed by atoms with Gasteiger partial charge >= 0.3 is 0 Å². The zero-order chi connectivity index (χ0) is 16.1. The van der Waals surface area contributed by atoms with E-state index >= 15 is 0 Å². The lowest BCUT2D eigenvalue weighted by Gasteiger charge is -2.38. The largest absolute Gasteiger partial charge is 0.385 e. The van der Waals surface area contributed by atoms with Crippen LogP contribution in [0.25, 0.3) is 0 Å². The lowest BCUT2D eigenvalue weighted by molar-refractivity contribution is -0.121. The van der Waals surface area contributed by atoms with Crippen LogP contribution in [0, 0.1) is 0 Å². The zero-order valence-electron chi connectivity index (χ0n) is 13.0. The van der Waals surface area contributed by atoms with Crippen LogP contribution in [0.1, 0.15) is 18.4 Å². The number of nitrogens with one attached hydrogen (secondary N) is 2. The first-order valence-corrected chi connectivity index (χ1v) is 7.86. The molecule has 0 aliphatic carbocycles. The number of ether oxygens (including phenoxy) is 1. The second-order valence-corrected chi connectivity index (χ2v) is 5.95. The lowest BCUT2D eigenvalue weighted by Crippen LogP contribution is -2.54. The Hall–Kier alpha value is -2.34. The summed E-state index contributed by atoms with van der Waals surface area (Å²) in [6.45, 7) is 1.98. The Morgan fingerprint density at radius 1 is 1.35 bits per heavy atom. The number of aliphatic imine (C=N–C) groups is 1. The average Bonchev–Trinajstić information content (AvgIpc) is 2.62. The van der Waals surface area contributed by atoms with Crippen molar-refractivity contribution in [3.05, 3.63) is 48.3 Å². The number of amidine groups is 1. The Kier molecular flexibility index (Phi) is 4.62. The van der Waals surface area contributed by atoms with Gasteiger partial charge in [-0.25, -0.2) is 4.99 Å². The van der Waals surface area contributed by atoms with Crippen LogP contribution in [-0.4, -0.2) is 37.5 Å². The predicted molar refractivity (Wildman–Crippen MR) is 88.9 cm³/mol. The van der Waals surface area contributed by atoms with Gasteiger partial charge in [0.05, 0.1) is 0 Å². The van der Waals surface area contributed by atoms with Gasteiger partial charge in [0.25, 0.3) is 0 Å². The minimum Gasteiger partial charge on any atom is -0.385 e. The molecule has 3 rings (SSSR count). The number of hydrogen-bond donors (Lipinski definition) is 3. The molecule has 1 unspecified atom stereocenters. The van der Waals surface area contributed by atoms with Crippen LogP contribution in [-0.2, 0) is 14.9 Å². The van der Waals surface area contributed by atoms with Gasteiger partial charge in [0.1, 0.15) is 5.84 Å². The molecule has 2 aliphatic rings. The standard InChI is InChI=1S/C17H22N4O2/c18-15-14(19-8-9-20-15)16(22)21-12-17(6-10-23-11-7-17)13-4-2-1-3-5-13/h1-5,8-9,14,19H,6-7,10-12H2,(H2,18,20)(H,21,22). The van der Waals surface area contributed by atoms with Crippen molar-refractivity contribution in [1.29, 1.82) is 0 Å². The highest BCUT2D eigenvalue weighted by atomic mass is 16.5. The maximum atomic E-state index is 12.4. The molecule has 1 aromatic rings. The van der Waals surface area contributed by atoms with Crippen molar-refractivity contribution in [1.82, 2.24) is 10.6 Å². The van der Waals surface area contributed by atoms with Crippen molar-refractivity contribution in [2.75, 3.05) is 19.8 Å². The van der Waals surface area contributed by atoms with Crippen LogP contribution < -0.4 is 16.4 Å². The molecule has 0 saturated carbocycles. The van der Waals surface area contributed by atoms with Gasteiger partial charge in [0.15, 0.2) is 6.04 Å². The number of benzene rings is 1. The van der Waals surface area contributed by atoms with Gasteiger partial charge in [0, 0.05) is 37.6 Å². The lowest BCUT2D eigenvalue weighted by atomic mass is 9.74. The van der Waals surface area contributed by atoms with E-state index in [0.29, 0.717) is 19.8 Å². The Balaban J connectivity index is 1.71. The molecule has 0 aromatic heterocycles. The third kappa shape index (κ3) is 3.37. The summed E-state index contributed by atoms with van der Waals surface area (Å²) in [5.41, 5.74) is 6.93. The van der Waals surface area contributed by atoms with E-state index in [0.717, 1.165) is 12.8 Å². The number of amides is 1. The van der Waals surface area contributed by atoms with E-state index in [-0.39, 0.29) is 17.2 Å². The smallest absolute Gasteiger partial charge is 0.250 e. The van der Waals surface area contributed by atoms with Crippen LogP contribution in [0.4, 0.5) is 0 Å². The summed E-state index contributed by atoms with van der Waals surface area (Å²) in [5.74, 6) is 0.128. The number of hydrogen-bond acceptors (Lipinski definition) is 5. The highest BCUT2D eigenvalue weighted by molar-refractivity contribution is 6.07. The molecule has 2 heterocycles. The second-order valence-electron chi connectivity index (χ2n) is 5.95. The Morgan fingerprint density at radius 3 is 2.78 bits per heavy atom. The van der Waals surface area contributed by atoms with Gasteiger partial charge in [0.2, 0.25) is 5.91 Å². The van der Waals surface area contributed by atoms with Crippen molar-refractivity contribution in [2.45, 2.75) is 24.3 Å². The summed E-state index contributed by atoms with van der Waals surface area (Å²) in [5, 5.41) is 5.98. The molecule has 1 aromatic carbocycles. The van der Waals surface area contributed by atoms with Crippen molar-refractivity contribution < 1.29 is 9.53 Å². The van der Waals surface area contributed by atoms with Gasteiger partial charge in [-0.3, -0.25) is 4.79 Å². The first-order chi connectivity index (χ1) is 11.2. The van der Waals surface area contributed by atoms with Crippen LogP contribution in [0.5, 0.6) is 0 Å². The highest BCUT2D eigenvalue weighted by Gasteiger charge is 2.35. The molecule has 1 amide bonds. The Bertz CT molecular complexity index is 606. The number of carbonyl (C=O) groups is 1. The maximum Gasteiger partial charge on any atom is 0.250 e. The third-order valence-corrected chi connectivity index (χ3v) is 4.56. The molecule has 6 heteroatoms. The van der Waals surface area contributed by atoms with Crippen LogP contribution in [0.2, 0.25) is 0 Å². The summed E-state index contributed by atoms with van der Waals surface area (Å²) in [6.07, 6.45) is 4.95. The molecule has 2 aliphatic heterocycles. The molecule has 1 fully saturated rings. The van der Waals surface area contributed by atoms with Crippen molar-refractivity contribution in [3.63, 3.8) is 0 Å². The maximum absolute atomic E-state index is 12.4. The van der Waals surface area contributed by atoms with E-state index < -0.39 is 6.04 Å². The highest BCUT2D eigenvalue weighted by Crippen LogP contribution is 2.34. The molecular formula is C17H22N4O2. The normalized spacial score (nSPS) is 22.8. The Morgan fingerprint density at radius 2 is 2.09 bits per heavy atom. The number of carbonyl (C=O) groups excluding carboxylic acids is 1. The average molecular weight is 314 g/mol. The van der Waals surface area contributed by atoms with Gasteiger partial charge in [-0.1, -0.05) is 30.3 Å². The third-order valence-electron chi connectivity index (χ3n) is 4.56. The van der Waals surface area contributed by atoms with E-state index in [1.54, 1.807) is 12.4 Å². The molecule has 1 saturated heterocycles. The summed E-state index contributed by atoms with van der Waals surface area (Å²) in [7, 11) is 0. The van der Waals surface area contributed by atoms with E-state index in [4.69, 9.17) is 10.5 Å². The topological polar surface area (TPSA) is 88.7 Å². The number of rotatable bonds is 4. The summed E-state index contributed by atoms with van der Waals surface area (Å²) >= 11 is 0. The van der Waals surface area contributed by atoms with Crippen LogP contribution in [0.15, 0.2) is 47.7 Å². The summed E-state index contributed by atoms with van der Waals surface area (Å²) in [4.78, 5) is 16.4. The molecular weight excluding hydrogens is 292 g/mol. The van der Waals surface area contributed by atoms with E-state index in [2.05, 4.69) is 27.8 Å². The van der Waals surface area contributed by atoms with E-state index in [9.17, 15) is 4.79 Å². The first kappa shape index (κ1) is 15.6. The second kappa shape index (κ2) is 6.83.